The lowest BCUT2D eigenvalue weighted by molar-refractivity contribution is -0.384. The Balaban J connectivity index is 1.71. The molecule has 0 saturated carbocycles. The van der Waals surface area contributed by atoms with Gasteiger partial charge in [0, 0.05) is 18.7 Å². The Morgan fingerprint density at radius 2 is 1.96 bits per heavy atom. The maximum Gasteiger partial charge on any atom is 0.273 e. The van der Waals surface area contributed by atoms with Crippen molar-refractivity contribution < 1.29 is 9.72 Å². The van der Waals surface area contributed by atoms with Gasteiger partial charge in [0.1, 0.15) is 0 Å². The molecule has 3 rings (SSSR count). The molecule has 26 heavy (non-hydrogen) atoms. The van der Waals surface area contributed by atoms with E-state index in [4.69, 9.17) is 0 Å². The number of carbonyl (C=O) groups is 1. The largest absolute Gasteiger partial charge is 0.350 e. The molecule has 132 valence electrons. The van der Waals surface area contributed by atoms with Crippen LogP contribution in [-0.4, -0.2) is 32.4 Å². The molecule has 0 aliphatic carbocycles. The van der Waals surface area contributed by atoms with E-state index in [-0.39, 0.29) is 17.3 Å². The van der Waals surface area contributed by atoms with Gasteiger partial charge in [-0.05, 0) is 25.0 Å². The highest BCUT2D eigenvalue weighted by molar-refractivity contribution is 5.93. The molecule has 0 unspecified atom stereocenters. The lowest BCUT2D eigenvalue weighted by Crippen LogP contribution is -2.26. The van der Waals surface area contributed by atoms with Crippen molar-refractivity contribution >= 4 is 11.6 Å². The molecule has 0 aliphatic rings. The Bertz CT molecular complexity index is 937. The molecule has 1 heterocycles. The van der Waals surface area contributed by atoms with Crippen LogP contribution in [0.5, 0.6) is 0 Å². The van der Waals surface area contributed by atoms with E-state index in [1.807, 2.05) is 30.3 Å². The van der Waals surface area contributed by atoms with Crippen molar-refractivity contribution in [2.24, 2.45) is 0 Å². The molecule has 0 radical (unpaired) electrons. The summed E-state index contributed by atoms with van der Waals surface area (Å²) in [5.74, 6) is -0.324. The predicted octanol–water partition coefficient (Wildman–Crippen LogP) is 2.46. The molecule has 8 heteroatoms. The molecule has 0 atom stereocenters. The number of hydrogen-bond acceptors (Lipinski definition) is 5. The summed E-state index contributed by atoms with van der Waals surface area (Å²) in [4.78, 5) is 22.8. The van der Waals surface area contributed by atoms with Crippen molar-refractivity contribution in [3.8, 4) is 5.69 Å². The normalized spacial score (nSPS) is 10.5. The number of nitrogens with one attached hydrogen (secondary N) is 1. The minimum absolute atomic E-state index is 0.0498. The number of aromatic nitrogens is 3. The standard InChI is InChI=1S/C18H17N5O3/c1-13-17(18(24)19-11-10-14-6-3-2-4-7-14)20-21-22(13)15-8-5-9-16(12-15)23(25)26/h2-9,12H,10-11H2,1H3,(H,19,24). The van der Waals surface area contributed by atoms with Crippen LogP contribution in [0, 0.1) is 17.0 Å². The van der Waals surface area contributed by atoms with Gasteiger partial charge >= 0.3 is 0 Å². The number of non-ortho nitro benzene ring substituents is 1. The summed E-state index contributed by atoms with van der Waals surface area (Å²) < 4.78 is 1.42. The van der Waals surface area contributed by atoms with E-state index in [2.05, 4.69) is 15.6 Å². The monoisotopic (exact) mass is 351 g/mol. The summed E-state index contributed by atoms with van der Waals surface area (Å²) in [7, 11) is 0. The van der Waals surface area contributed by atoms with Crippen molar-refractivity contribution in [3.63, 3.8) is 0 Å². The fraction of sp³-hybridized carbons (Fsp3) is 0.167. The highest BCUT2D eigenvalue weighted by Crippen LogP contribution is 2.18. The summed E-state index contributed by atoms with van der Waals surface area (Å²) in [5, 5.41) is 21.6. The summed E-state index contributed by atoms with van der Waals surface area (Å²) in [5.41, 5.74) is 2.27. The summed E-state index contributed by atoms with van der Waals surface area (Å²) in [6.07, 6.45) is 0.713. The SMILES string of the molecule is Cc1c(C(=O)NCCc2ccccc2)nnn1-c1cccc([N+](=O)[O-])c1. The number of benzene rings is 2. The molecule has 1 aromatic heterocycles. The molecule has 0 bridgehead atoms. The second kappa shape index (κ2) is 7.56. The number of nitro benzene ring substituents is 1. The van der Waals surface area contributed by atoms with Gasteiger partial charge in [-0.25, -0.2) is 4.68 Å². The third-order valence-electron chi connectivity index (χ3n) is 3.94. The Hall–Kier alpha value is -3.55. The van der Waals surface area contributed by atoms with Crippen LogP contribution in [0.1, 0.15) is 21.7 Å². The third kappa shape index (κ3) is 3.75. The van der Waals surface area contributed by atoms with E-state index in [9.17, 15) is 14.9 Å². The summed E-state index contributed by atoms with van der Waals surface area (Å²) in [6.45, 7) is 2.18. The van der Waals surface area contributed by atoms with Crippen LogP contribution < -0.4 is 5.32 Å². The zero-order valence-electron chi connectivity index (χ0n) is 14.1. The van der Waals surface area contributed by atoms with E-state index in [1.165, 1.54) is 16.8 Å². The van der Waals surface area contributed by atoms with Gasteiger partial charge in [-0.3, -0.25) is 14.9 Å². The Morgan fingerprint density at radius 3 is 2.69 bits per heavy atom. The Kier molecular flexibility index (Phi) is 5.02. The molecule has 0 fully saturated rings. The number of carbonyl (C=O) groups excluding carboxylic acids is 1. The maximum atomic E-state index is 12.3. The van der Waals surface area contributed by atoms with E-state index in [0.717, 1.165) is 5.56 Å². The predicted molar refractivity (Wildman–Crippen MR) is 95.2 cm³/mol. The van der Waals surface area contributed by atoms with E-state index in [1.54, 1.807) is 19.1 Å². The minimum atomic E-state index is -0.479. The zero-order valence-corrected chi connectivity index (χ0v) is 14.1. The molecule has 2 aromatic carbocycles. The van der Waals surface area contributed by atoms with Crippen molar-refractivity contribution in [1.82, 2.24) is 20.3 Å². The fourth-order valence-electron chi connectivity index (χ4n) is 2.57. The second-order valence-electron chi connectivity index (χ2n) is 5.70. The van der Waals surface area contributed by atoms with Crippen LogP contribution in [0.3, 0.4) is 0 Å². The van der Waals surface area contributed by atoms with Crippen LogP contribution in [0.4, 0.5) is 5.69 Å². The van der Waals surface area contributed by atoms with Crippen molar-refractivity contribution in [3.05, 3.63) is 81.7 Å². The maximum absolute atomic E-state index is 12.3. The van der Waals surface area contributed by atoms with E-state index in [0.29, 0.717) is 24.3 Å². The average Bonchev–Trinajstić information content (AvgIpc) is 3.04. The van der Waals surface area contributed by atoms with Crippen LogP contribution in [-0.2, 0) is 6.42 Å². The van der Waals surface area contributed by atoms with Crippen molar-refractivity contribution in [2.75, 3.05) is 6.54 Å². The van der Waals surface area contributed by atoms with Crippen molar-refractivity contribution in [2.45, 2.75) is 13.3 Å². The van der Waals surface area contributed by atoms with Gasteiger partial charge in [0.25, 0.3) is 11.6 Å². The van der Waals surface area contributed by atoms with E-state index >= 15 is 0 Å². The molecule has 8 nitrogen and oxygen atoms in total. The number of hydrogen-bond donors (Lipinski definition) is 1. The van der Waals surface area contributed by atoms with Gasteiger partial charge in [0.2, 0.25) is 0 Å². The minimum Gasteiger partial charge on any atom is -0.350 e. The first-order valence-electron chi connectivity index (χ1n) is 8.05. The first-order chi connectivity index (χ1) is 12.6. The molecular weight excluding hydrogens is 334 g/mol. The topological polar surface area (TPSA) is 103 Å². The smallest absolute Gasteiger partial charge is 0.273 e. The number of amides is 1. The van der Waals surface area contributed by atoms with Gasteiger partial charge in [-0.15, -0.1) is 5.10 Å². The molecule has 0 aliphatic heterocycles. The quantitative estimate of drug-likeness (QED) is 0.543. The highest BCUT2D eigenvalue weighted by atomic mass is 16.6. The summed E-state index contributed by atoms with van der Waals surface area (Å²) in [6, 6.07) is 15.9. The van der Waals surface area contributed by atoms with Crippen LogP contribution in [0.25, 0.3) is 5.69 Å². The van der Waals surface area contributed by atoms with Gasteiger partial charge in [0.15, 0.2) is 5.69 Å². The Morgan fingerprint density at radius 1 is 1.19 bits per heavy atom. The third-order valence-corrected chi connectivity index (χ3v) is 3.94. The lowest BCUT2D eigenvalue weighted by Gasteiger charge is -2.05. The zero-order chi connectivity index (χ0) is 18.5. The first-order valence-corrected chi connectivity index (χ1v) is 8.05. The number of nitrogens with zero attached hydrogens (tertiary/aromatic N) is 4. The number of nitro groups is 1. The molecule has 0 saturated heterocycles. The molecule has 1 amide bonds. The average molecular weight is 351 g/mol. The highest BCUT2D eigenvalue weighted by Gasteiger charge is 2.18. The Labute approximate surface area is 149 Å². The molecular formula is C18H17N5O3. The molecule has 1 N–H and O–H groups in total. The van der Waals surface area contributed by atoms with Gasteiger partial charge in [-0.1, -0.05) is 41.6 Å². The first kappa shape index (κ1) is 17.3. The molecule has 3 aromatic rings. The van der Waals surface area contributed by atoms with Gasteiger partial charge < -0.3 is 5.32 Å². The van der Waals surface area contributed by atoms with Crippen LogP contribution in [0.15, 0.2) is 54.6 Å². The summed E-state index contributed by atoms with van der Waals surface area (Å²) >= 11 is 0. The van der Waals surface area contributed by atoms with Crippen molar-refractivity contribution in [1.29, 1.82) is 0 Å². The van der Waals surface area contributed by atoms with Crippen LogP contribution in [0.2, 0.25) is 0 Å². The van der Waals surface area contributed by atoms with Gasteiger partial charge in [0.05, 0.1) is 16.3 Å². The lowest BCUT2D eigenvalue weighted by atomic mass is 10.1. The fourth-order valence-corrected chi connectivity index (χ4v) is 2.57. The second-order valence-corrected chi connectivity index (χ2v) is 5.70. The van der Waals surface area contributed by atoms with Gasteiger partial charge in [-0.2, -0.15) is 0 Å². The van der Waals surface area contributed by atoms with E-state index < -0.39 is 4.92 Å². The number of rotatable bonds is 6. The molecule has 0 spiro atoms. The van der Waals surface area contributed by atoms with Crippen LogP contribution >= 0.6 is 0 Å².